The number of carbonyl (C=O) groups excluding carboxylic acids is 2. The zero-order valence-electron chi connectivity index (χ0n) is 15.8. The number of halogens is 1. The Bertz CT molecular complexity index is 1070. The number of nitrogens with one attached hydrogen (secondary N) is 1. The van der Waals surface area contributed by atoms with Crippen molar-refractivity contribution >= 4 is 35.0 Å². The molecule has 1 heterocycles. The SMILES string of the molecule is Cc1ccc(N2C(=O)CS[C@H]2c2cccc(NC(=O)c3ccccc3)c2)cc1F. The molecule has 0 aliphatic carbocycles. The molecule has 0 spiro atoms. The Labute approximate surface area is 172 Å². The van der Waals surface area contributed by atoms with Crippen molar-refractivity contribution in [3.05, 3.63) is 95.3 Å². The summed E-state index contributed by atoms with van der Waals surface area (Å²) >= 11 is 1.48. The van der Waals surface area contributed by atoms with Gasteiger partial charge in [-0.3, -0.25) is 14.5 Å². The van der Waals surface area contributed by atoms with E-state index in [0.717, 1.165) is 5.56 Å². The van der Waals surface area contributed by atoms with Crippen molar-refractivity contribution < 1.29 is 14.0 Å². The van der Waals surface area contributed by atoms with Crippen LogP contribution in [0.15, 0.2) is 72.8 Å². The summed E-state index contributed by atoms with van der Waals surface area (Å²) in [5, 5.41) is 2.61. The highest BCUT2D eigenvalue weighted by atomic mass is 32.2. The summed E-state index contributed by atoms with van der Waals surface area (Å²) in [4.78, 5) is 26.6. The van der Waals surface area contributed by atoms with Crippen molar-refractivity contribution in [1.29, 1.82) is 0 Å². The van der Waals surface area contributed by atoms with E-state index < -0.39 is 0 Å². The molecule has 0 aromatic heterocycles. The number of carbonyl (C=O) groups is 2. The van der Waals surface area contributed by atoms with Gasteiger partial charge >= 0.3 is 0 Å². The van der Waals surface area contributed by atoms with Crippen LogP contribution in [0, 0.1) is 12.7 Å². The first-order valence-corrected chi connectivity index (χ1v) is 10.2. The van der Waals surface area contributed by atoms with Crippen LogP contribution < -0.4 is 10.2 Å². The molecule has 4 nitrogen and oxygen atoms in total. The van der Waals surface area contributed by atoms with Crippen molar-refractivity contribution in [3.8, 4) is 0 Å². The van der Waals surface area contributed by atoms with Crippen LogP contribution in [0.3, 0.4) is 0 Å². The minimum absolute atomic E-state index is 0.0676. The molecule has 1 fully saturated rings. The van der Waals surface area contributed by atoms with Crippen LogP contribution >= 0.6 is 11.8 Å². The molecule has 4 rings (SSSR count). The quantitative estimate of drug-likeness (QED) is 0.651. The number of amides is 2. The van der Waals surface area contributed by atoms with Crippen molar-refractivity contribution in [3.63, 3.8) is 0 Å². The monoisotopic (exact) mass is 406 g/mol. The Morgan fingerprint density at radius 1 is 1.07 bits per heavy atom. The van der Waals surface area contributed by atoms with Gasteiger partial charge in [0.15, 0.2) is 0 Å². The second-order valence-corrected chi connectivity index (χ2v) is 7.87. The van der Waals surface area contributed by atoms with E-state index in [1.54, 1.807) is 36.1 Å². The maximum absolute atomic E-state index is 14.1. The Balaban J connectivity index is 1.60. The van der Waals surface area contributed by atoms with Gasteiger partial charge in [-0.15, -0.1) is 11.8 Å². The fourth-order valence-corrected chi connectivity index (χ4v) is 4.41. The predicted molar refractivity (Wildman–Crippen MR) is 115 cm³/mol. The van der Waals surface area contributed by atoms with Gasteiger partial charge in [-0.1, -0.05) is 36.4 Å². The molecule has 0 radical (unpaired) electrons. The number of rotatable bonds is 4. The maximum atomic E-state index is 14.1. The maximum Gasteiger partial charge on any atom is 0.255 e. The molecule has 0 bridgehead atoms. The van der Waals surface area contributed by atoms with Gasteiger partial charge in [-0.25, -0.2) is 4.39 Å². The molecule has 3 aromatic carbocycles. The molecular formula is C23H19FN2O2S. The third kappa shape index (κ3) is 4.03. The van der Waals surface area contributed by atoms with Gasteiger partial charge in [-0.2, -0.15) is 0 Å². The molecule has 2 amide bonds. The van der Waals surface area contributed by atoms with Crippen molar-refractivity contribution in [1.82, 2.24) is 0 Å². The Kier molecular flexibility index (Phi) is 5.36. The number of benzene rings is 3. The van der Waals surface area contributed by atoms with Gasteiger partial charge in [0.25, 0.3) is 5.91 Å². The normalized spacial score (nSPS) is 16.1. The van der Waals surface area contributed by atoms with E-state index >= 15 is 0 Å². The lowest BCUT2D eigenvalue weighted by Crippen LogP contribution is -2.28. The molecule has 6 heteroatoms. The molecule has 3 aromatic rings. The summed E-state index contributed by atoms with van der Waals surface area (Å²) in [6.45, 7) is 1.69. The van der Waals surface area contributed by atoms with Crippen LogP contribution in [-0.4, -0.2) is 17.6 Å². The second-order valence-electron chi connectivity index (χ2n) is 6.81. The van der Waals surface area contributed by atoms with Crippen LogP contribution in [0.4, 0.5) is 15.8 Å². The third-order valence-corrected chi connectivity index (χ3v) is 5.98. The Morgan fingerprint density at radius 3 is 2.62 bits per heavy atom. The lowest BCUT2D eigenvalue weighted by Gasteiger charge is -2.25. The molecular weight excluding hydrogens is 387 g/mol. The van der Waals surface area contributed by atoms with Crippen molar-refractivity contribution in [2.24, 2.45) is 0 Å². The summed E-state index contributed by atoms with van der Waals surface area (Å²) in [5.41, 5.74) is 3.15. The first kappa shape index (κ1) is 19.2. The van der Waals surface area contributed by atoms with E-state index in [2.05, 4.69) is 5.32 Å². The van der Waals surface area contributed by atoms with Gasteiger partial charge < -0.3 is 5.32 Å². The first-order chi connectivity index (χ1) is 14.0. The largest absolute Gasteiger partial charge is 0.322 e. The van der Waals surface area contributed by atoms with Crippen LogP contribution in [-0.2, 0) is 4.79 Å². The molecule has 1 aliphatic rings. The number of thioether (sulfide) groups is 1. The van der Waals surface area contributed by atoms with Gasteiger partial charge in [-0.05, 0) is 54.4 Å². The van der Waals surface area contributed by atoms with Crippen molar-refractivity contribution in [2.45, 2.75) is 12.3 Å². The van der Waals surface area contributed by atoms with Gasteiger partial charge in [0.05, 0.1) is 5.75 Å². The zero-order valence-corrected chi connectivity index (χ0v) is 16.6. The fourth-order valence-electron chi connectivity index (χ4n) is 3.24. The van der Waals surface area contributed by atoms with E-state index in [1.807, 2.05) is 42.5 Å². The summed E-state index contributed by atoms with van der Waals surface area (Å²) in [6, 6.07) is 21.2. The second kappa shape index (κ2) is 8.09. The first-order valence-electron chi connectivity index (χ1n) is 9.19. The number of hydrogen-bond acceptors (Lipinski definition) is 3. The zero-order chi connectivity index (χ0) is 20.4. The van der Waals surface area contributed by atoms with Crippen LogP contribution in [0.2, 0.25) is 0 Å². The third-order valence-electron chi connectivity index (χ3n) is 4.77. The molecule has 146 valence electrons. The number of nitrogens with zero attached hydrogens (tertiary/aromatic N) is 1. The summed E-state index contributed by atoms with van der Waals surface area (Å²) in [6.07, 6.45) is 0. The topological polar surface area (TPSA) is 49.4 Å². The number of hydrogen-bond donors (Lipinski definition) is 1. The average Bonchev–Trinajstić information content (AvgIpc) is 3.12. The van der Waals surface area contributed by atoms with Gasteiger partial charge in [0.2, 0.25) is 5.91 Å². The summed E-state index contributed by atoms with van der Waals surface area (Å²) < 4.78 is 14.1. The Hall–Kier alpha value is -3.12. The molecule has 1 N–H and O–H groups in total. The van der Waals surface area contributed by atoms with Crippen LogP contribution in [0.1, 0.15) is 26.9 Å². The predicted octanol–water partition coefficient (Wildman–Crippen LogP) is 5.17. The van der Waals surface area contributed by atoms with Crippen LogP contribution in [0.25, 0.3) is 0 Å². The van der Waals surface area contributed by atoms with Gasteiger partial charge in [0.1, 0.15) is 11.2 Å². The highest BCUT2D eigenvalue weighted by Crippen LogP contribution is 2.42. The van der Waals surface area contributed by atoms with Crippen molar-refractivity contribution in [2.75, 3.05) is 16.0 Å². The summed E-state index contributed by atoms with van der Waals surface area (Å²) in [7, 11) is 0. The molecule has 29 heavy (non-hydrogen) atoms. The lowest BCUT2D eigenvalue weighted by atomic mass is 10.1. The smallest absolute Gasteiger partial charge is 0.255 e. The highest BCUT2D eigenvalue weighted by molar-refractivity contribution is 8.00. The van der Waals surface area contributed by atoms with E-state index in [1.165, 1.54) is 17.8 Å². The molecule has 0 unspecified atom stereocenters. The standard InChI is InChI=1S/C23H19FN2O2S/c1-15-10-11-19(13-20(15)24)26-21(27)14-29-23(26)17-8-5-9-18(12-17)25-22(28)16-6-3-2-4-7-16/h2-13,23H,14H2,1H3,(H,25,28)/t23-/m0/s1. The Morgan fingerprint density at radius 2 is 1.86 bits per heavy atom. The summed E-state index contributed by atoms with van der Waals surface area (Å²) in [5.74, 6) is -0.284. The molecule has 1 atom stereocenters. The highest BCUT2D eigenvalue weighted by Gasteiger charge is 2.34. The van der Waals surface area contributed by atoms with E-state index in [4.69, 9.17) is 0 Å². The molecule has 1 aliphatic heterocycles. The molecule has 1 saturated heterocycles. The number of anilines is 2. The number of aryl methyl sites for hydroxylation is 1. The minimum Gasteiger partial charge on any atom is -0.322 e. The van der Waals surface area contributed by atoms with E-state index in [-0.39, 0.29) is 23.0 Å². The minimum atomic E-state index is -0.338. The average molecular weight is 406 g/mol. The van der Waals surface area contributed by atoms with E-state index in [0.29, 0.717) is 28.3 Å². The van der Waals surface area contributed by atoms with E-state index in [9.17, 15) is 14.0 Å². The van der Waals surface area contributed by atoms with Gasteiger partial charge in [0, 0.05) is 16.9 Å². The van der Waals surface area contributed by atoms with Crippen LogP contribution in [0.5, 0.6) is 0 Å². The fraction of sp³-hybridized carbons (Fsp3) is 0.130. The lowest BCUT2D eigenvalue weighted by molar-refractivity contribution is -0.115. The molecule has 0 saturated carbocycles.